The first-order valence-electron chi connectivity index (χ1n) is 4.94. The molecule has 84 valence electrons. The van der Waals surface area contributed by atoms with Crippen LogP contribution < -0.4 is 5.73 Å². The highest BCUT2D eigenvalue weighted by Crippen LogP contribution is 2.25. The lowest BCUT2D eigenvalue weighted by Gasteiger charge is -2.09. The Kier molecular flexibility index (Phi) is 3.68. The third-order valence-corrected chi connectivity index (χ3v) is 3.87. The van der Waals surface area contributed by atoms with Gasteiger partial charge in [0.15, 0.2) is 0 Å². The van der Waals surface area contributed by atoms with Gasteiger partial charge in [-0.15, -0.1) is 11.3 Å². The summed E-state index contributed by atoms with van der Waals surface area (Å²) in [6.07, 6.45) is 2.56. The van der Waals surface area contributed by atoms with Crippen LogP contribution in [0.4, 0.5) is 0 Å². The zero-order valence-electron chi connectivity index (χ0n) is 8.85. The van der Waals surface area contributed by atoms with Crippen LogP contribution in [0.5, 0.6) is 0 Å². The van der Waals surface area contributed by atoms with Gasteiger partial charge in [0, 0.05) is 17.5 Å². The number of hydrogen-bond donors (Lipinski definition) is 1. The van der Waals surface area contributed by atoms with E-state index in [1.54, 1.807) is 17.5 Å². The molecule has 0 saturated carbocycles. The number of rotatable bonds is 3. The van der Waals surface area contributed by atoms with Gasteiger partial charge in [-0.25, -0.2) is 9.97 Å². The van der Waals surface area contributed by atoms with Crippen LogP contribution in [0.1, 0.15) is 22.4 Å². The fourth-order valence-electron chi connectivity index (χ4n) is 1.46. The normalized spacial score (nSPS) is 12.7. The Hall–Kier alpha value is -0.780. The van der Waals surface area contributed by atoms with Crippen molar-refractivity contribution in [1.82, 2.24) is 9.97 Å². The summed E-state index contributed by atoms with van der Waals surface area (Å²) in [5.74, 6) is 0.764. The number of nitrogens with two attached hydrogens (primary N) is 1. The van der Waals surface area contributed by atoms with E-state index in [4.69, 9.17) is 5.73 Å². The second-order valence-corrected chi connectivity index (χ2v) is 6.09. The smallest absolute Gasteiger partial charge is 0.125 e. The summed E-state index contributed by atoms with van der Waals surface area (Å²) in [5.41, 5.74) is 7.01. The lowest BCUT2D eigenvalue weighted by Crippen LogP contribution is -2.15. The van der Waals surface area contributed by atoms with Crippen molar-refractivity contribution in [2.45, 2.75) is 19.4 Å². The molecule has 0 aliphatic heterocycles. The van der Waals surface area contributed by atoms with Gasteiger partial charge in [0.05, 0.1) is 15.5 Å². The van der Waals surface area contributed by atoms with Gasteiger partial charge in [0.2, 0.25) is 0 Å². The molecule has 0 spiro atoms. The van der Waals surface area contributed by atoms with Crippen LogP contribution in [0.25, 0.3) is 0 Å². The van der Waals surface area contributed by atoms with Gasteiger partial charge in [-0.3, -0.25) is 0 Å². The number of hydrogen-bond acceptors (Lipinski definition) is 4. The molecular weight excluding hydrogens is 286 g/mol. The molecule has 2 aromatic heterocycles. The molecule has 5 heteroatoms. The summed E-state index contributed by atoms with van der Waals surface area (Å²) < 4.78 is 1.13. The Morgan fingerprint density at radius 2 is 2.25 bits per heavy atom. The predicted octanol–water partition coefficient (Wildman–Crippen LogP) is 2.85. The van der Waals surface area contributed by atoms with E-state index in [-0.39, 0.29) is 6.04 Å². The third kappa shape index (κ3) is 2.87. The van der Waals surface area contributed by atoms with E-state index in [0.717, 1.165) is 21.7 Å². The number of aromatic nitrogens is 2. The molecule has 0 amide bonds. The number of aryl methyl sites for hydroxylation is 1. The largest absolute Gasteiger partial charge is 0.322 e. The van der Waals surface area contributed by atoms with E-state index in [0.29, 0.717) is 0 Å². The maximum atomic E-state index is 6.11. The molecule has 0 radical (unpaired) electrons. The van der Waals surface area contributed by atoms with Crippen LogP contribution in [0.3, 0.4) is 0 Å². The van der Waals surface area contributed by atoms with Gasteiger partial charge in [-0.1, -0.05) is 0 Å². The molecule has 0 fully saturated rings. The maximum absolute atomic E-state index is 6.11. The summed E-state index contributed by atoms with van der Waals surface area (Å²) in [4.78, 5) is 9.65. The Balaban J connectivity index is 2.11. The van der Waals surface area contributed by atoms with E-state index in [1.807, 2.05) is 19.1 Å². The molecule has 0 aliphatic rings. The molecule has 2 rings (SSSR count). The van der Waals surface area contributed by atoms with Crippen LogP contribution >= 0.6 is 27.3 Å². The van der Waals surface area contributed by atoms with Gasteiger partial charge in [0.25, 0.3) is 0 Å². The fraction of sp³-hybridized carbons (Fsp3) is 0.273. The summed E-state index contributed by atoms with van der Waals surface area (Å²) in [6.45, 7) is 1.87. The van der Waals surface area contributed by atoms with Crippen molar-refractivity contribution in [2.24, 2.45) is 5.73 Å². The van der Waals surface area contributed by atoms with Crippen molar-refractivity contribution in [1.29, 1.82) is 0 Å². The molecule has 16 heavy (non-hydrogen) atoms. The first-order chi connectivity index (χ1) is 7.65. The summed E-state index contributed by atoms with van der Waals surface area (Å²) in [6, 6.07) is 5.94. The second kappa shape index (κ2) is 5.03. The molecule has 2 heterocycles. The molecule has 2 aromatic rings. The third-order valence-electron chi connectivity index (χ3n) is 2.23. The molecule has 1 atom stereocenters. The van der Waals surface area contributed by atoms with Crippen LogP contribution in [-0.4, -0.2) is 9.97 Å². The Labute approximate surface area is 107 Å². The van der Waals surface area contributed by atoms with Gasteiger partial charge < -0.3 is 5.73 Å². The van der Waals surface area contributed by atoms with Crippen molar-refractivity contribution in [3.8, 4) is 0 Å². The van der Waals surface area contributed by atoms with Crippen molar-refractivity contribution >= 4 is 27.3 Å². The number of halogens is 1. The van der Waals surface area contributed by atoms with Gasteiger partial charge in [-0.05, 0) is 41.1 Å². The van der Waals surface area contributed by atoms with E-state index in [1.165, 1.54) is 4.88 Å². The molecule has 0 aromatic carbocycles. The quantitative estimate of drug-likeness (QED) is 0.948. The Morgan fingerprint density at radius 1 is 1.44 bits per heavy atom. The maximum Gasteiger partial charge on any atom is 0.125 e. The van der Waals surface area contributed by atoms with Crippen LogP contribution in [0.15, 0.2) is 28.2 Å². The minimum atomic E-state index is -0.0627. The lowest BCUT2D eigenvalue weighted by molar-refractivity contribution is 0.694. The van der Waals surface area contributed by atoms with Gasteiger partial charge in [-0.2, -0.15) is 0 Å². The monoisotopic (exact) mass is 297 g/mol. The number of thiophene rings is 1. The minimum absolute atomic E-state index is 0.0627. The van der Waals surface area contributed by atoms with Gasteiger partial charge in [0.1, 0.15) is 5.82 Å². The minimum Gasteiger partial charge on any atom is -0.322 e. The fourth-order valence-corrected chi connectivity index (χ4v) is 3.01. The van der Waals surface area contributed by atoms with E-state index >= 15 is 0 Å². The molecule has 3 nitrogen and oxygen atoms in total. The van der Waals surface area contributed by atoms with Crippen LogP contribution in [0, 0.1) is 6.92 Å². The Morgan fingerprint density at radius 3 is 2.88 bits per heavy atom. The zero-order chi connectivity index (χ0) is 11.5. The number of nitrogens with zero attached hydrogens (tertiary/aromatic N) is 2. The highest BCUT2D eigenvalue weighted by atomic mass is 79.9. The molecule has 0 aliphatic carbocycles. The van der Waals surface area contributed by atoms with E-state index in [9.17, 15) is 0 Å². The van der Waals surface area contributed by atoms with Gasteiger partial charge >= 0.3 is 0 Å². The van der Waals surface area contributed by atoms with Crippen molar-refractivity contribution in [3.63, 3.8) is 0 Å². The molecular formula is C11H12BrN3S. The van der Waals surface area contributed by atoms with Crippen LogP contribution in [-0.2, 0) is 6.42 Å². The lowest BCUT2D eigenvalue weighted by atomic mass is 10.1. The van der Waals surface area contributed by atoms with E-state index in [2.05, 4.69) is 32.0 Å². The SMILES string of the molecule is Cc1nccc(C(N)Cc2ccc(Br)s2)n1. The first kappa shape index (κ1) is 11.7. The average molecular weight is 298 g/mol. The molecule has 0 saturated heterocycles. The highest BCUT2D eigenvalue weighted by molar-refractivity contribution is 9.11. The first-order valence-corrected chi connectivity index (χ1v) is 6.55. The standard InChI is InChI=1S/C11H12BrN3S/c1-7-14-5-4-10(15-7)9(13)6-8-2-3-11(12)16-8/h2-5,9H,6,13H2,1H3. The second-order valence-electron chi connectivity index (χ2n) is 3.55. The van der Waals surface area contributed by atoms with Crippen molar-refractivity contribution in [2.75, 3.05) is 0 Å². The van der Waals surface area contributed by atoms with Crippen LogP contribution in [0.2, 0.25) is 0 Å². The molecule has 0 bridgehead atoms. The topological polar surface area (TPSA) is 51.8 Å². The summed E-state index contributed by atoms with van der Waals surface area (Å²) in [7, 11) is 0. The highest BCUT2D eigenvalue weighted by Gasteiger charge is 2.10. The summed E-state index contributed by atoms with van der Waals surface area (Å²) in [5, 5.41) is 0. The Bertz CT molecular complexity index is 484. The van der Waals surface area contributed by atoms with E-state index < -0.39 is 0 Å². The predicted molar refractivity (Wildman–Crippen MR) is 69.4 cm³/mol. The average Bonchev–Trinajstić information content (AvgIpc) is 2.64. The molecule has 1 unspecified atom stereocenters. The molecule has 2 N–H and O–H groups in total. The summed E-state index contributed by atoms with van der Waals surface area (Å²) >= 11 is 5.15. The van der Waals surface area contributed by atoms with Crippen molar-refractivity contribution in [3.05, 3.63) is 44.6 Å². The zero-order valence-corrected chi connectivity index (χ0v) is 11.3. The van der Waals surface area contributed by atoms with Crippen molar-refractivity contribution < 1.29 is 0 Å².